The van der Waals surface area contributed by atoms with Crippen molar-refractivity contribution in [2.75, 3.05) is 19.0 Å². The molecule has 0 fully saturated rings. The highest BCUT2D eigenvalue weighted by atomic mass is 16.1. The Bertz CT molecular complexity index is 776. The summed E-state index contributed by atoms with van der Waals surface area (Å²) in [6.07, 6.45) is 4.11. The van der Waals surface area contributed by atoms with Gasteiger partial charge in [0, 0.05) is 31.5 Å². The average Bonchev–Trinajstić information content (AvgIpc) is 2.89. The molecule has 0 radical (unpaired) electrons. The summed E-state index contributed by atoms with van der Waals surface area (Å²) in [4.78, 5) is 17.5. The Balaban J connectivity index is 2.14. The van der Waals surface area contributed by atoms with Crippen LogP contribution in [0.25, 0.3) is 16.9 Å². The molecule has 0 amide bonds. The second-order valence-corrected chi connectivity index (χ2v) is 4.74. The van der Waals surface area contributed by atoms with E-state index in [1.807, 2.05) is 49.5 Å². The van der Waals surface area contributed by atoms with Gasteiger partial charge in [-0.2, -0.15) is 5.10 Å². The van der Waals surface area contributed by atoms with Crippen molar-refractivity contribution in [3.8, 4) is 11.3 Å². The molecule has 0 unspecified atom stereocenters. The van der Waals surface area contributed by atoms with Crippen molar-refractivity contribution in [3.05, 3.63) is 48.3 Å². The Morgan fingerprint density at radius 1 is 1.25 bits per heavy atom. The second-order valence-electron chi connectivity index (χ2n) is 4.74. The Morgan fingerprint density at radius 2 is 2.10 bits per heavy atom. The standard InChI is InChI=1S/C15H14N4O/c1-18(2)13-5-3-4-11(8-13)14-6-7-19-15(17-14)12(10-20)9-16-19/h3-10H,1-2H3. The molecule has 0 N–H and O–H groups in total. The Labute approximate surface area is 116 Å². The van der Waals surface area contributed by atoms with Crippen molar-refractivity contribution in [3.63, 3.8) is 0 Å². The van der Waals surface area contributed by atoms with E-state index in [9.17, 15) is 4.79 Å². The van der Waals surface area contributed by atoms with Gasteiger partial charge in [-0.1, -0.05) is 12.1 Å². The van der Waals surface area contributed by atoms with Gasteiger partial charge in [0.2, 0.25) is 0 Å². The van der Waals surface area contributed by atoms with Gasteiger partial charge >= 0.3 is 0 Å². The lowest BCUT2D eigenvalue weighted by atomic mass is 10.1. The van der Waals surface area contributed by atoms with Crippen LogP contribution in [0, 0.1) is 0 Å². The molecule has 0 saturated heterocycles. The Morgan fingerprint density at radius 3 is 2.85 bits per heavy atom. The van der Waals surface area contributed by atoms with Crippen LogP contribution in [0.1, 0.15) is 10.4 Å². The molecule has 5 heteroatoms. The number of hydrogen-bond donors (Lipinski definition) is 0. The summed E-state index contributed by atoms with van der Waals surface area (Å²) in [5.74, 6) is 0. The van der Waals surface area contributed by atoms with Crippen LogP contribution < -0.4 is 4.90 Å². The van der Waals surface area contributed by atoms with Crippen LogP contribution in [0.15, 0.2) is 42.7 Å². The van der Waals surface area contributed by atoms with Crippen LogP contribution in [0.5, 0.6) is 0 Å². The Kier molecular flexibility index (Phi) is 2.95. The fourth-order valence-electron chi connectivity index (χ4n) is 2.07. The number of nitrogens with zero attached hydrogens (tertiary/aromatic N) is 4. The van der Waals surface area contributed by atoms with Gasteiger partial charge in [-0.05, 0) is 18.2 Å². The number of carbonyl (C=O) groups excluding carboxylic acids is 1. The lowest BCUT2D eigenvalue weighted by molar-refractivity contribution is 0.112. The van der Waals surface area contributed by atoms with Crippen LogP contribution in [-0.4, -0.2) is 35.0 Å². The lowest BCUT2D eigenvalue weighted by Gasteiger charge is -2.13. The van der Waals surface area contributed by atoms with Gasteiger partial charge in [0.05, 0.1) is 17.5 Å². The molecule has 0 aliphatic heterocycles. The highest BCUT2D eigenvalue weighted by molar-refractivity contribution is 5.84. The Hall–Kier alpha value is -2.69. The van der Waals surface area contributed by atoms with Crippen molar-refractivity contribution in [2.24, 2.45) is 0 Å². The van der Waals surface area contributed by atoms with Gasteiger partial charge in [0.25, 0.3) is 0 Å². The molecule has 0 aliphatic rings. The normalized spacial score (nSPS) is 10.7. The van der Waals surface area contributed by atoms with Crippen LogP contribution in [-0.2, 0) is 0 Å². The molecular weight excluding hydrogens is 252 g/mol. The molecule has 2 aromatic heterocycles. The highest BCUT2D eigenvalue weighted by Gasteiger charge is 2.07. The number of hydrogen-bond acceptors (Lipinski definition) is 4. The van der Waals surface area contributed by atoms with E-state index in [4.69, 9.17) is 0 Å². The van der Waals surface area contributed by atoms with Gasteiger partial charge in [0.1, 0.15) is 0 Å². The molecule has 20 heavy (non-hydrogen) atoms. The quantitative estimate of drug-likeness (QED) is 0.682. The molecule has 3 aromatic rings. The van der Waals surface area contributed by atoms with E-state index >= 15 is 0 Å². The number of benzene rings is 1. The molecule has 0 saturated carbocycles. The molecule has 0 spiro atoms. The lowest BCUT2D eigenvalue weighted by Crippen LogP contribution is -2.08. The van der Waals surface area contributed by atoms with Gasteiger partial charge in [0.15, 0.2) is 11.9 Å². The van der Waals surface area contributed by atoms with Crippen molar-refractivity contribution in [1.82, 2.24) is 14.6 Å². The van der Waals surface area contributed by atoms with Crippen molar-refractivity contribution >= 4 is 17.6 Å². The van der Waals surface area contributed by atoms with E-state index in [-0.39, 0.29) is 0 Å². The molecule has 0 atom stereocenters. The van der Waals surface area contributed by atoms with E-state index in [0.29, 0.717) is 11.2 Å². The number of fused-ring (bicyclic) bond motifs is 1. The van der Waals surface area contributed by atoms with Crippen LogP contribution in [0.2, 0.25) is 0 Å². The van der Waals surface area contributed by atoms with Gasteiger partial charge in [-0.15, -0.1) is 0 Å². The zero-order valence-electron chi connectivity index (χ0n) is 11.3. The minimum atomic E-state index is 0.496. The van der Waals surface area contributed by atoms with E-state index < -0.39 is 0 Å². The number of anilines is 1. The van der Waals surface area contributed by atoms with E-state index in [2.05, 4.69) is 16.1 Å². The van der Waals surface area contributed by atoms with Crippen molar-refractivity contribution < 1.29 is 4.79 Å². The summed E-state index contributed by atoms with van der Waals surface area (Å²) < 4.78 is 1.60. The van der Waals surface area contributed by atoms with Crippen LogP contribution in [0.3, 0.4) is 0 Å². The maximum Gasteiger partial charge on any atom is 0.166 e. The summed E-state index contributed by atoms with van der Waals surface area (Å²) in [7, 11) is 3.99. The van der Waals surface area contributed by atoms with E-state index in [0.717, 1.165) is 23.2 Å². The van der Waals surface area contributed by atoms with E-state index in [1.165, 1.54) is 6.20 Å². The smallest absolute Gasteiger partial charge is 0.166 e. The first-order valence-corrected chi connectivity index (χ1v) is 6.26. The summed E-state index contributed by atoms with van der Waals surface area (Å²) in [5, 5.41) is 4.08. The summed E-state index contributed by atoms with van der Waals surface area (Å²) in [6, 6.07) is 9.99. The van der Waals surface area contributed by atoms with Crippen molar-refractivity contribution in [1.29, 1.82) is 0 Å². The minimum absolute atomic E-state index is 0.496. The van der Waals surface area contributed by atoms with Gasteiger partial charge < -0.3 is 4.90 Å². The highest BCUT2D eigenvalue weighted by Crippen LogP contribution is 2.23. The third kappa shape index (κ3) is 2.03. The fraction of sp³-hybridized carbons (Fsp3) is 0.133. The first kappa shape index (κ1) is 12.3. The molecule has 5 nitrogen and oxygen atoms in total. The third-order valence-corrected chi connectivity index (χ3v) is 3.18. The zero-order valence-corrected chi connectivity index (χ0v) is 11.3. The molecule has 0 bridgehead atoms. The largest absolute Gasteiger partial charge is 0.378 e. The molecule has 1 aromatic carbocycles. The maximum atomic E-state index is 11.0. The van der Waals surface area contributed by atoms with Gasteiger partial charge in [-0.3, -0.25) is 4.79 Å². The first-order chi connectivity index (χ1) is 9.69. The molecular formula is C15H14N4O. The van der Waals surface area contributed by atoms with Gasteiger partial charge in [-0.25, -0.2) is 9.50 Å². The van der Waals surface area contributed by atoms with Crippen molar-refractivity contribution in [2.45, 2.75) is 0 Å². The number of aromatic nitrogens is 3. The average molecular weight is 266 g/mol. The summed E-state index contributed by atoms with van der Waals surface area (Å²) >= 11 is 0. The van der Waals surface area contributed by atoms with Crippen LogP contribution >= 0.6 is 0 Å². The van der Waals surface area contributed by atoms with Crippen LogP contribution in [0.4, 0.5) is 5.69 Å². The minimum Gasteiger partial charge on any atom is -0.378 e. The SMILES string of the molecule is CN(C)c1cccc(-c2ccn3ncc(C=O)c3n2)c1. The first-order valence-electron chi connectivity index (χ1n) is 6.26. The molecule has 3 rings (SSSR count). The third-order valence-electron chi connectivity index (χ3n) is 3.18. The zero-order chi connectivity index (χ0) is 14.1. The monoisotopic (exact) mass is 266 g/mol. The summed E-state index contributed by atoms with van der Waals surface area (Å²) in [6.45, 7) is 0. The predicted molar refractivity (Wildman–Crippen MR) is 78.1 cm³/mol. The number of rotatable bonds is 3. The molecule has 0 aliphatic carbocycles. The second kappa shape index (κ2) is 4.77. The van der Waals surface area contributed by atoms with E-state index in [1.54, 1.807) is 4.52 Å². The molecule has 100 valence electrons. The topological polar surface area (TPSA) is 50.5 Å². The maximum absolute atomic E-state index is 11.0. The number of carbonyl (C=O) groups is 1. The summed E-state index contributed by atoms with van der Waals surface area (Å²) in [5.41, 5.74) is 4.01. The number of aldehydes is 1. The fourth-order valence-corrected chi connectivity index (χ4v) is 2.07. The predicted octanol–water partition coefficient (Wildman–Crippen LogP) is 2.27. The molecule has 2 heterocycles.